The molecular weight excluding hydrogens is 304 g/mol. The van der Waals surface area contributed by atoms with Crippen LogP contribution in [0.5, 0.6) is 11.5 Å². The molecule has 3 rings (SSSR count). The quantitative estimate of drug-likeness (QED) is 0.814. The predicted octanol–water partition coefficient (Wildman–Crippen LogP) is 4.47. The third-order valence-corrected chi connectivity index (χ3v) is 4.56. The average Bonchev–Trinajstić information content (AvgIpc) is 2.57. The molecule has 4 heteroatoms. The van der Waals surface area contributed by atoms with Gasteiger partial charge in [-0.1, -0.05) is 49.6 Å². The summed E-state index contributed by atoms with van der Waals surface area (Å²) in [5.74, 6) is 1.68. The predicted molar refractivity (Wildman–Crippen MR) is 97.6 cm³/mol. The summed E-state index contributed by atoms with van der Waals surface area (Å²) >= 11 is 5.10. The normalized spacial score (nSPS) is 16.5. The van der Waals surface area contributed by atoms with Crippen molar-refractivity contribution in [3.63, 3.8) is 0 Å². The van der Waals surface area contributed by atoms with E-state index in [1.54, 1.807) is 0 Å². The molecule has 3 N–H and O–H groups in total. The Morgan fingerprint density at radius 2 is 1.52 bits per heavy atom. The van der Waals surface area contributed by atoms with Crippen LogP contribution in [-0.2, 0) is 5.54 Å². The molecule has 0 aromatic heterocycles. The molecule has 23 heavy (non-hydrogen) atoms. The molecule has 0 atom stereocenters. The van der Waals surface area contributed by atoms with E-state index in [0.717, 1.165) is 24.3 Å². The number of thiocarbonyl (C=S) groups is 1. The Labute approximate surface area is 142 Å². The smallest absolute Gasteiger partial charge is 0.164 e. The number of benzene rings is 2. The van der Waals surface area contributed by atoms with Crippen LogP contribution in [-0.4, -0.2) is 5.11 Å². The van der Waals surface area contributed by atoms with Gasteiger partial charge in [-0.2, -0.15) is 0 Å². The van der Waals surface area contributed by atoms with Crippen LogP contribution in [0.4, 0.5) is 0 Å². The van der Waals surface area contributed by atoms with Gasteiger partial charge in [0, 0.05) is 0 Å². The molecule has 0 radical (unpaired) electrons. The molecule has 2 aromatic rings. The Kier molecular flexibility index (Phi) is 4.82. The number of nitrogens with two attached hydrogens (primary N) is 1. The minimum atomic E-state index is -0.130. The molecule has 0 amide bonds. The Bertz CT molecular complexity index is 649. The Morgan fingerprint density at radius 3 is 2.13 bits per heavy atom. The second-order valence-corrected chi connectivity index (χ2v) is 6.51. The van der Waals surface area contributed by atoms with Crippen molar-refractivity contribution < 1.29 is 4.74 Å². The molecule has 1 fully saturated rings. The molecule has 3 nitrogen and oxygen atoms in total. The summed E-state index contributed by atoms with van der Waals surface area (Å²) in [5.41, 5.74) is 6.87. The van der Waals surface area contributed by atoms with Gasteiger partial charge in [-0.3, -0.25) is 0 Å². The van der Waals surface area contributed by atoms with Crippen LogP contribution in [0.25, 0.3) is 0 Å². The van der Waals surface area contributed by atoms with Gasteiger partial charge in [0.1, 0.15) is 11.5 Å². The van der Waals surface area contributed by atoms with Crippen LogP contribution < -0.4 is 15.8 Å². The lowest BCUT2D eigenvalue weighted by Crippen LogP contribution is -2.49. The zero-order valence-electron chi connectivity index (χ0n) is 13.1. The van der Waals surface area contributed by atoms with Crippen molar-refractivity contribution in [3.8, 4) is 11.5 Å². The van der Waals surface area contributed by atoms with Crippen LogP contribution in [0.2, 0.25) is 0 Å². The second kappa shape index (κ2) is 7.01. The molecule has 0 heterocycles. The van der Waals surface area contributed by atoms with Crippen LogP contribution >= 0.6 is 12.2 Å². The van der Waals surface area contributed by atoms with Crippen LogP contribution in [0.15, 0.2) is 54.6 Å². The maximum absolute atomic E-state index is 5.86. The summed E-state index contributed by atoms with van der Waals surface area (Å²) in [7, 11) is 0. The monoisotopic (exact) mass is 326 g/mol. The number of hydrogen-bond acceptors (Lipinski definition) is 2. The lowest BCUT2D eigenvalue weighted by atomic mass is 9.76. The summed E-state index contributed by atoms with van der Waals surface area (Å²) < 4.78 is 5.86. The highest BCUT2D eigenvalue weighted by Gasteiger charge is 2.34. The van der Waals surface area contributed by atoms with E-state index < -0.39 is 0 Å². The fourth-order valence-electron chi connectivity index (χ4n) is 3.34. The molecule has 0 aliphatic heterocycles. The van der Waals surface area contributed by atoms with Gasteiger partial charge in [0.2, 0.25) is 0 Å². The van der Waals surface area contributed by atoms with Gasteiger partial charge < -0.3 is 15.8 Å². The molecule has 2 aromatic carbocycles. The van der Waals surface area contributed by atoms with Crippen molar-refractivity contribution >= 4 is 17.3 Å². The van der Waals surface area contributed by atoms with Gasteiger partial charge in [-0.05, 0) is 54.9 Å². The van der Waals surface area contributed by atoms with Crippen molar-refractivity contribution in [2.45, 2.75) is 37.6 Å². The number of ether oxygens (including phenoxy) is 1. The Balaban J connectivity index is 1.80. The molecule has 0 bridgehead atoms. The average molecular weight is 326 g/mol. The van der Waals surface area contributed by atoms with Gasteiger partial charge >= 0.3 is 0 Å². The van der Waals surface area contributed by atoms with E-state index in [0.29, 0.717) is 5.11 Å². The first-order valence-electron chi connectivity index (χ1n) is 8.09. The molecule has 120 valence electrons. The molecular formula is C19H22N2OS. The minimum absolute atomic E-state index is 0.130. The topological polar surface area (TPSA) is 47.3 Å². The van der Waals surface area contributed by atoms with E-state index in [1.165, 1.54) is 24.8 Å². The van der Waals surface area contributed by atoms with Crippen molar-refractivity contribution in [1.82, 2.24) is 5.32 Å². The van der Waals surface area contributed by atoms with Gasteiger partial charge in [0.15, 0.2) is 5.11 Å². The van der Waals surface area contributed by atoms with Crippen molar-refractivity contribution in [3.05, 3.63) is 60.2 Å². The summed E-state index contributed by atoms with van der Waals surface area (Å²) in [6, 6.07) is 18.1. The number of rotatable bonds is 4. The fraction of sp³-hybridized carbons (Fsp3) is 0.316. The van der Waals surface area contributed by atoms with Crippen LogP contribution in [0, 0.1) is 0 Å². The van der Waals surface area contributed by atoms with Crippen LogP contribution in [0.3, 0.4) is 0 Å². The first-order chi connectivity index (χ1) is 11.2. The standard InChI is InChI=1S/C19H22N2OS/c20-18(23)21-19(13-5-2-6-14-19)15-9-11-17(12-10-15)22-16-7-3-1-4-8-16/h1,3-4,7-12H,2,5-6,13-14H2,(H3,20,21,23). The molecule has 0 unspecified atom stereocenters. The van der Waals surface area contributed by atoms with Crippen LogP contribution in [0.1, 0.15) is 37.7 Å². The van der Waals surface area contributed by atoms with Gasteiger partial charge in [-0.15, -0.1) is 0 Å². The summed E-state index contributed by atoms with van der Waals surface area (Å²) in [6.45, 7) is 0. The van der Waals surface area contributed by atoms with E-state index in [-0.39, 0.29) is 5.54 Å². The van der Waals surface area contributed by atoms with Crippen molar-refractivity contribution in [1.29, 1.82) is 0 Å². The molecule has 1 aliphatic carbocycles. The zero-order valence-corrected chi connectivity index (χ0v) is 13.9. The Morgan fingerprint density at radius 1 is 0.913 bits per heavy atom. The molecule has 0 spiro atoms. The SMILES string of the molecule is NC(=S)NC1(c2ccc(Oc3ccccc3)cc2)CCCCC1. The van der Waals surface area contributed by atoms with Gasteiger partial charge in [0.05, 0.1) is 5.54 Å². The Hall–Kier alpha value is -2.07. The highest BCUT2D eigenvalue weighted by Crippen LogP contribution is 2.38. The second-order valence-electron chi connectivity index (χ2n) is 6.07. The maximum Gasteiger partial charge on any atom is 0.164 e. The van der Waals surface area contributed by atoms with Crippen molar-refractivity contribution in [2.24, 2.45) is 5.73 Å². The van der Waals surface area contributed by atoms with Gasteiger partial charge in [0.25, 0.3) is 0 Å². The number of hydrogen-bond donors (Lipinski definition) is 2. The zero-order chi connectivity index (χ0) is 16.1. The molecule has 1 saturated carbocycles. The fourth-order valence-corrected chi connectivity index (χ4v) is 3.54. The lowest BCUT2D eigenvalue weighted by Gasteiger charge is -2.39. The largest absolute Gasteiger partial charge is 0.457 e. The molecule has 1 aliphatic rings. The first-order valence-corrected chi connectivity index (χ1v) is 8.50. The summed E-state index contributed by atoms with van der Waals surface area (Å²) in [4.78, 5) is 0. The van der Waals surface area contributed by atoms with E-state index in [4.69, 9.17) is 22.7 Å². The third kappa shape index (κ3) is 3.82. The number of nitrogens with one attached hydrogen (secondary N) is 1. The maximum atomic E-state index is 5.86. The van der Waals surface area contributed by atoms with Crippen molar-refractivity contribution in [2.75, 3.05) is 0 Å². The summed E-state index contributed by atoms with van der Waals surface area (Å²) in [6.07, 6.45) is 5.78. The first kappa shape index (κ1) is 15.8. The minimum Gasteiger partial charge on any atom is -0.457 e. The van der Waals surface area contributed by atoms with E-state index in [1.807, 2.05) is 42.5 Å². The number of para-hydroxylation sites is 1. The van der Waals surface area contributed by atoms with E-state index in [9.17, 15) is 0 Å². The van der Waals surface area contributed by atoms with Gasteiger partial charge in [-0.25, -0.2) is 0 Å². The van der Waals surface area contributed by atoms with E-state index in [2.05, 4.69) is 17.4 Å². The third-order valence-electron chi connectivity index (χ3n) is 4.46. The highest BCUT2D eigenvalue weighted by atomic mass is 32.1. The summed E-state index contributed by atoms with van der Waals surface area (Å²) in [5, 5.41) is 3.72. The lowest BCUT2D eigenvalue weighted by molar-refractivity contribution is 0.270. The molecule has 0 saturated heterocycles. The highest BCUT2D eigenvalue weighted by molar-refractivity contribution is 7.80. The van der Waals surface area contributed by atoms with E-state index >= 15 is 0 Å².